The summed E-state index contributed by atoms with van der Waals surface area (Å²) in [7, 11) is -4.19. The second-order valence-corrected chi connectivity index (χ2v) is 6.43. The van der Waals surface area contributed by atoms with Crippen LogP contribution >= 0.6 is 11.8 Å². The van der Waals surface area contributed by atoms with Gasteiger partial charge in [-0.3, -0.25) is 4.79 Å². The van der Waals surface area contributed by atoms with Crippen molar-refractivity contribution in [1.82, 2.24) is 9.03 Å². The van der Waals surface area contributed by atoms with E-state index in [1.54, 1.807) is 18.6 Å². The molecule has 0 aromatic heterocycles. The lowest BCUT2D eigenvalue weighted by Gasteiger charge is -2.20. The minimum Gasteiger partial charge on any atom is -0.480 e. The molecular weight excluding hydrogens is 284 g/mol. The van der Waals surface area contributed by atoms with Crippen molar-refractivity contribution in [3.63, 3.8) is 0 Å². The number of nitrogens with zero attached hydrogens (tertiary/aromatic N) is 1. The normalized spacial score (nSPS) is 20.9. The summed E-state index contributed by atoms with van der Waals surface area (Å²) in [5.41, 5.74) is 0. The largest absolute Gasteiger partial charge is 0.480 e. The number of hydrogen-bond acceptors (Lipinski definition) is 6. The van der Waals surface area contributed by atoms with Crippen molar-refractivity contribution in [3.05, 3.63) is 0 Å². The smallest absolute Gasteiger partial charge is 0.422 e. The maximum Gasteiger partial charge on any atom is 0.422 e. The first-order valence-corrected chi connectivity index (χ1v) is 7.64. The first kappa shape index (κ1) is 15.1. The van der Waals surface area contributed by atoms with Gasteiger partial charge in [0.25, 0.3) is 0 Å². The van der Waals surface area contributed by atoms with Crippen molar-refractivity contribution >= 4 is 34.0 Å². The van der Waals surface area contributed by atoms with Crippen molar-refractivity contribution in [2.45, 2.75) is 26.0 Å². The molecule has 1 saturated heterocycles. The van der Waals surface area contributed by atoms with Crippen molar-refractivity contribution in [2.24, 2.45) is 0 Å². The molecule has 0 unspecified atom stereocenters. The first-order chi connectivity index (χ1) is 8.24. The van der Waals surface area contributed by atoms with Gasteiger partial charge in [0, 0.05) is 5.75 Å². The molecule has 1 heterocycles. The Morgan fingerprint density at radius 2 is 2.11 bits per heavy atom. The maximum atomic E-state index is 11.8. The fourth-order valence-electron chi connectivity index (χ4n) is 1.26. The number of hydrogen-bond donors (Lipinski definition) is 2. The molecule has 10 heteroatoms. The molecular formula is C8H14N2O6S2. The van der Waals surface area contributed by atoms with E-state index in [4.69, 9.17) is 5.11 Å². The van der Waals surface area contributed by atoms with E-state index in [1.807, 2.05) is 0 Å². The molecule has 18 heavy (non-hydrogen) atoms. The predicted molar refractivity (Wildman–Crippen MR) is 64.3 cm³/mol. The van der Waals surface area contributed by atoms with Gasteiger partial charge in [0.15, 0.2) is 0 Å². The molecule has 0 aromatic rings. The van der Waals surface area contributed by atoms with Gasteiger partial charge in [-0.2, -0.15) is 12.7 Å². The minimum atomic E-state index is -4.19. The number of carboxylic acid groups (broad SMARTS) is 1. The Kier molecular flexibility index (Phi) is 4.82. The summed E-state index contributed by atoms with van der Waals surface area (Å²) in [6.45, 7) is 3.13. The van der Waals surface area contributed by atoms with E-state index in [2.05, 4.69) is 4.74 Å². The number of amides is 1. The average Bonchev–Trinajstić information content (AvgIpc) is 2.63. The van der Waals surface area contributed by atoms with E-state index < -0.39 is 34.4 Å². The Labute approximate surface area is 109 Å². The Morgan fingerprint density at radius 1 is 1.50 bits per heavy atom. The van der Waals surface area contributed by atoms with Gasteiger partial charge in [0.2, 0.25) is 0 Å². The third-order valence-electron chi connectivity index (χ3n) is 1.99. The number of carbonyl (C=O) groups excluding carboxylic acids is 1. The Hall–Kier alpha value is -1.00. The number of carboxylic acids is 1. The quantitative estimate of drug-likeness (QED) is 0.740. The first-order valence-electron chi connectivity index (χ1n) is 5.05. The number of rotatable bonds is 4. The number of ether oxygens (including phenoxy) is 1. The van der Waals surface area contributed by atoms with Gasteiger partial charge >= 0.3 is 22.3 Å². The summed E-state index contributed by atoms with van der Waals surface area (Å²) < 4.78 is 30.6. The van der Waals surface area contributed by atoms with Crippen molar-refractivity contribution in [2.75, 3.05) is 11.6 Å². The van der Waals surface area contributed by atoms with E-state index in [1.165, 1.54) is 0 Å². The minimum absolute atomic E-state index is 0.0126. The number of nitrogens with one attached hydrogen (secondary N) is 1. The van der Waals surface area contributed by atoms with Crippen LogP contribution in [0.1, 0.15) is 13.8 Å². The van der Waals surface area contributed by atoms with Crippen LogP contribution in [0.4, 0.5) is 4.79 Å². The van der Waals surface area contributed by atoms with Gasteiger partial charge in [-0.1, -0.05) is 0 Å². The van der Waals surface area contributed by atoms with Gasteiger partial charge < -0.3 is 9.84 Å². The van der Waals surface area contributed by atoms with Crippen LogP contribution in [0.25, 0.3) is 0 Å². The molecule has 1 aliphatic heterocycles. The van der Waals surface area contributed by atoms with Gasteiger partial charge in [0.05, 0.1) is 12.0 Å². The SMILES string of the molecule is CC(C)OC(=O)NS(=O)(=O)N1CSC[C@H]1C(=O)O. The van der Waals surface area contributed by atoms with E-state index >= 15 is 0 Å². The highest BCUT2D eigenvalue weighted by Crippen LogP contribution is 2.23. The van der Waals surface area contributed by atoms with Crippen molar-refractivity contribution in [3.8, 4) is 0 Å². The molecule has 104 valence electrons. The summed E-state index contributed by atoms with van der Waals surface area (Å²) in [5.74, 6) is -1.11. The summed E-state index contributed by atoms with van der Waals surface area (Å²) in [6.07, 6.45) is -1.59. The summed E-state index contributed by atoms with van der Waals surface area (Å²) in [6, 6.07) is -1.17. The van der Waals surface area contributed by atoms with Gasteiger partial charge in [0.1, 0.15) is 6.04 Å². The van der Waals surface area contributed by atoms with Crippen LogP contribution in [-0.2, 0) is 19.7 Å². The van der Waals surface area contributed by atoms with Crippen LogP contribution in [0.15, 0.2) is 0 Å². The molecule has 0 bridgehead atoms. The van der Waals surface area contributed by atoms with Crippen LogP contribution < -0.4 is 4.72 Å². The third-order valence-corrected chi connectivity index (χ3v) is 4.59. The van der Waals surface area contributed by atoms with Crippen molar-refractivity contribution in [1.29, 1.82) is 0 Å². The molecule has 0 saturated carbocycles. The van der Waals surface area contributed by atoms with Gasteiger partial charge in [-0.05, 0) is 13.8 Å². The molecule has 0 radical (unpaired) electrons. The zero-order valence-corrected chi connectivity index (χ0v) is 11.5. The molecule has 0 aromatic carbocycles. The Morgan fingerprint density at radius 3 is 2.61 bits per heavy atom. The summed E-state index contributed by atoms with van der Waals surface area (Å²) in [4.78, 5) is 22.1. The highest BCUT2D eigenvalue weighted by Gasteiger charge is 2.40. The predicted octanol–water partition coefficient (Wildman–Crippen LogP) is -0.175. The zero-order chi connectivity index (χ0) is 13.9. The third kappa shape index (κ3) is 3.75. The highest BCUT2D eigenvalue weighted by atomic mass is 32.2. The second-order valence-electron chi connectivity index (χ2n) is 3.80. The molecule has 1 atom stereocenters. The highest BCUT2D eigenvalue weighted by molar-refractivity contribution is 8.00. The standard InChI is InChI=1S/C8H14N2O6S2/c1-5(2)16-8(13)9-18(14,15)10-4-17-3-6(10)7(11)12/h5-6H,3-4H2,1-2H3,(H,9,13)(H,11,12)/t6-/m0/s1. The van der Waals surface area contributed by atoms with E-state index in [0.29, 0.717) is 0 Å². The summed E-state index contributed by atoms with van der Waals surface area (Å²) in [5, 5.41) is 8.86. The van der Waals surface area contributed by atoms with Crippen molar-refractivity contribution < 1.29 is 27.9 Å². The average molecular weight is 298 g/mol. The molecule has 1 fully saturated rings. The lowest BCUT2D eigenvalue weighted by atomic mass is 10.4. The number of carbonyl (C=O) groups is 2. The molecule has 1 aliphatic rings. The molecule has 2 N–H and O–H groups in total. The number of aliphatic carboxylic acids is 1. The fraction of sp³-hybridized carbons (Fsp3) is 0.750. The lowest BCUT2D eigenvalue weighted by molar-refractivity contribution is -0.140. The van der Waals surface area contributed by atoms with Gasteiger partial charge in [-0.15, -0.1) is 11.8 Å². The molecule has 1 rings (SSSR count). The van der Waals surface area contributed by atoms with Gasteiger partial charge in [-0.25, -0.2) is 9.52 Å². The fourth-order valence-corrected chi connectivity index (χ4v) is 4.02. The second kappa shape index (κ2) is 5.76. The van der Waals surface area contributed by atoms with E-state index in [0.717, 1.165) is 16.1 Å². The maximum absolute atomic E-state index is 11.8. The Balaban J connectivity index is 2.74. The molecule has 8 nitrogen and oxygen atoms in total. The monoisotopic (exact) mass is 298 g/mol. The van der Waals surface area contributed by atoms with E-state index in [9.17, 15) is 18.0 Å². The van der Waals surface area contributed by atoms with Crippen LogP contribution in [0.2, 0.25) is 0 Å². The molecule has 0 aliphatic carbocycles. The topological polar surface area (TPSA) is 113 Å². The number of thioether (sulfide) groups is 1. The molecule has 0 spiro atoms. The van der Waals surface area contributed by atoms with E-state index in [-0.39, 0.29) is 11.6 Å². The molecule has 1 amide bonds. The summed E-state index contributed by atoms with van der Waals surface area (Å²) >= 11 is 1.16. The van der Waals surface area contributed by atoms with Crippen LogP contribution in [0.3, 0.4) is 0 Å². The Bertz CT molecular complexity index is 435. The van der Waals surface area contributed by atoms with Crippen LogP contribution in [-0.4, -0.2) is 53.7 Å². The van der Waals surface area contributed by atoms with Crippen LogP contribution in [0.5, 0.6) is 0 Å². The van der Waals surface area contributed by atoms with Crippen LogP contribution in [0, 0.1) is 0 Å². The lowest BCUT2D eigenvalue weighted by Crippen LogP contribution is -2.49. The zero-order valence-electron chi connectivity index (χ0n) is 9.82.